The highest BCUT2D eigenvalue weighted by molar-refractivity contribution is 9.10. The molecule has 2 aliphatic rings. The van der Waals surface area contributed by atoms with Crippen LogP contribution in [0, 0.1) is 0 Å². The van der Waals surface area contributed by atoms with Crippen LogP contribution < -0.4 is 5.32 Å². The molecule has 0 radical (unpaired) electrons. The summed E-state index contributed by atoms with van der Waals surface area (Å²) in [6.45, 7) is 2.10. The molecule has 3 nitrogen and oxygen atoms in total. The van der Waals surface area contributed by atoms with Crippen molar-refractivity contribution in [3.63, 3.8) is 0 Å². The average Bonchev–Trinajstić information content (AvgIpc) is 2.83. The van der Waals surface area contributed by atoms with Gasteiger partial charge >= 0.3 is 0 Å². The van der Waals surface area contributed by atoms with Crippen LogP contribution in [-0.4, -0.2) is 16.3 Å². The molecule has 4 heteroatoms. The third kappa shape index (κ3) is 1.74. The molecule has 4 rings (SSSR count). The number of anilines is 1. The lowest BCUT2D eigenvalue weighted by Gasteiger charge is -2.41. The van der Waals surface area contributed by atoms with Gasteiger partial charge in [-0.3, -0.25) is 0 Å². The van der Waals surface area contributed by atoms with E-state index in [-0.39, 0.29) is 5.41 Å². The van der Waals surface area contributed by atoms with Crippen LogP contribution in [0.25, 0.3) is 0 Å². The molecule has 2 heterocycles. The summed E-state index contributed by atoms with van der Waals surface area (Å²) in [6, 6.07) is 10.9. The summed E-state index contributed by atoms with van der Waals surface area (Å²) in [5, 5.41) is 8.35. The van der Waals surface area contributed by atoms with Gasteiger partial charge in [0.25, 0.3) is 0 Å². The van der Waals surface area contributed by atoms with Crippen molar-refractivity contribution in [1.29, 1.82) is 0 Å². The number of nitrogens with zero attached hydrogens (tertiary/aromatic N) is 2. The van der Waals surface area contributed by atoms with Crippen molar-refractivity contribution in [3.05, 3.63) is 46.1 Å². The summed E-state index contributed by atoms with van der Waals surface area (Å²) in [5.74, 6) is 1.18. The number of benzene rings is 1. The Kier molecular flexibility index (Phi) is 2.88. The van der Waals surface area contributed by atoms with Crippen molar-refractivity contribution >= 4 is 21.7 Å². The first kappa shape index (κ1) is 12.5. The van der Waals surface area contributed by atoms with E-state index in [1.807, 2.05) is 0 Å². The normalized spacial score (nSPS) is 19.9. The second-order valence-corrected chi connectivity index (χ2v) is 6.69. The van der Waals surface area contributed by atoms with Gasteiger partial charge in [0.1, 0.15) is 5.82 Å². The van der Waals surface area contributed by atoms with Crippen LogP contribution in [0.4, 0.5) is 5.82 Å². The molecule has 0 atom stereocenters. The molecule has 1 aromatic heterocycles. The zero-order valence-electron chi connectivity index (χ0n) is 11.4. The van der Waals surface area contributed by atoms with Crippen LogP contribution in [0.5, 0.6) is 0 Å². The Morgan fingerprint density at radius 2 is 2.05 bits per heavy atom. The van der Waals surface area contributed by atoms with Crippen molar-refractivity contribution in [1.82, 2.24) is 9.78 Å². The first-order valence-corrected chi connectivity index (χ1v) is 8.16. The zero-order chi connectivity index (χ0) is 13.6. The van der Waals surface area contributed by atoms with E-state index < -0.39 is 0 Å². The maximum atomic E-state index is 4.90. The molecule has 1 fully saturated rings. The van der Waals surface area contributed by atoms with E-state index in [9.17, 15) is 0 Å². The van der Waals surface area contributed by atoms with Crippen LogP contribution in [-0.2, 0) is 12.0 Å². The van der Waals surface area contributed by atoms with E-state index in [4.69, 9.17) is 5.10 Å². The molecule has 20 heavy (non-hydrogen) atoms. The number of nitrogens with one attached hydrogen (secondary N) is 1. The van der Waals surface area contributed by atoms with Crippen molar-refractivity contribution in [3.8, 4) is 0 Å². The summed E-state index contributed by atoms with van der Waals surface area (Å²) in [5.41, 5.74) is 2.74. The average molecular weight is 332 g/mol. The second kappa shape index (κ2) is 4.62. The fourth-order valence-corrected chi connectivity index (χ4v) is 4.12. The number of aromatic nitrogens is 2. The third-order valence-electron chi connectivity index (χ3n) is 4.72. The van der Waals surface area contributed by atoms with E-state index >= 15 is 0 Å². The lowest BCUT2D eigenvalue weighted by molar-refractivity contribution is 0.289. The van der Waals surface area contributed by atoms with E-state index in [1.165, 1.54) is 40.8 Å². The quantitative estimate of drug-likeness (QED) is 0.903. The summed E-state index contributed by atoms with van der Waals surface area (Å²) < 4.78 is 3.34. The maximum Gasteiger partial charge on any atom is 0.124 e. The van der Waals surface area contributed by atoms with Crippen molar-refractivity contribution in [2.75, 3.05) is 11.9 Å². The Labute approximate surface area is 127 Å². The molecule has 2 aromatic rings. The minimum atomic E-state index is 0.117. The smallest absolute Gasteiger partial charge is 0.124 e. The van der Waals surface area contributed by atoms with Gasteiger partial charge < -0.3 is 5.32 Å². The van der Waals surface area contributed by atoms with E-state index in [0.29, 0.717) is 0 Å². The summed E-state index contributed by atoms with van der Waals surface area (Å²) >= 11 is 3.73. The van der Waals surface area contributed by atoms with Crippen molar-refractivity contribution in [2.24, 2.45) is 0 Å². The highest BCUT2D eigenvalue weighted by atomic mass is 79.9. The standard InChI is InChI=1S/C16H18BrN3/c17-13-6-2-1-5-12(13)16(7-3-8-16)14-11-15-18-9-4-10-20(15)19-14/h1-2,5-6,11,18H,3-4,7-10H2. The number of halogens is 1. The molecule has 0 saturated heterocycles. The molecule has 1 aliphatic heterocycles. The van der Waals surface area contributed by atoms with Gasteiger partial charge in [-0.1, -0.05) is 40.5 Å². The molecular weight excluding hydrogens is 314 g/mol. The predicted molar refractivity (Wildman–Crippen MR) is 84.1 cm³/mol. The molecule has 1 saturated carbocycles. The molecule has 1 aliphatic carbocycles. The van der Waals surface area contributed by atoms with Gasteiger partial charge in [0.2, 0.25) is 0 Å². The lowest BCUT2D eigenvalue weighted by Crippen LogP contribution is -2.36. The highest BCUT2D eigenvalue weighted by Crippen LogP contribution is 2.50. The van der Waals surface area contributed by atoms with Gasteiger partial charge in [-0.05, 0) is 30.9 Å². The SMILES string of the molecule is Brc1ccccc1C1(c2cc3n(n2)CCCN3)CCC1. The molecule has 1 aromatic carbocycles. The van der Waals surface area contributed by atoms with Crippen LogP contribution in [0.2, 0.25) is 0 Å². The minimum absolute atomic E-state index is 0.117. The Morgan fingerprint density at radius 1 is 1.20 bits per heavy atom. The first-order chi connectivity index (χ1) is 9.79. The Hall–Kier alpha value is -1.29. The van der Waals surface area contributed by atoms with Crippen LogP contribution in [0.15, 0.2) is 34.8 Å². The van der Waals surface area contributed by atoms with Crippen LogP contribution in [0.3, 0.4) is 0 Å². The fraction of sp³-hybridized carbons (Fsp3) is 0.438. The van der Waals surface area contributed by atoms with Crippen molar-refractivity contribution in [2.45, 2.75) is 37.6 Å². The van der Waals surface area contributed by atoms with Crippen molar-refractivity contribution < 1.29 is 0 Å². The number of hydrogen-bond acceptors (Lipinski definition) is 2. The van der Waals surface area contributed by atoms with E-state index in [0.717, 1.165) is 19.5 Å². The Morgan fingerprint density at radius 3 is 2.75 bits per heavy atom. The Bertz CT molecular complexity index is 619. The number of fused-ring (bicyclic) bond motifs is 1. The Balaban J connectivity index is 1.82. The van der Waals surface area contributed by atoms with Crippen LogP contribution >= 0.6 is 15.9 Å². The monoisotopic (exact) mass is 331 g/mol. The predicted octanol–water partition coefficient (Wildman–Crippen LogP) is 3.93. The topological polar surface area (TPSA) is 29.9 Å². The van der Waals surface area contributed by atoms with Gasteiger partial charge in [-0.25, -0.2) is 4.68 Å². The third-order valence-corrected chi connectivity index (χ3v) is 5.41. The van der Waals surface area contributed by atoms with Crippen LogP contribution in [0.1, 0.15) is 36.9 Å². The summed E-state index contributed by atoms with van der Waals surface area (Å²) in [7, 11) is 0. The first-order valence-electron chi connectivity index (χ1n) is 7.37. The highest BCUT2D eigenvalue weighted by Gasteiger charge is 2.44. The van der Waals surface area contributed by atoms with Gasteiger partial charge in [-0.15, -0.1) is 0 Å². The fourth-order valence-electron chi connectivity index (χ4n) is 3.45. The summed E-state index contributed by atoms with van der Waals surface area (Å²) in [6.07, 6.45) is 4.85. The molecule has 0 bridgehead atoms. The molecule has 0 spiro atoms. The zero-order valence-corrected chi connectivity index (χ0v) is 13.0. The number of rotatable bonds is 2. The number of hydrogen-bond donors (Lipinski definition) is 1. The van der Waals surface area contributed by atoms with Gasteiger partial charge in [-0.2, -0.15) is 5.10 Å². The second-order valence-electron chi connectivity index (χ2n) is 5.83. The minimum Gasteiger partial charge on any atom is -0.370 e. The van der Waals surface area contributed by atoms with Gasteiger partial charge in [0, 0.05) is 29.0 Å². The molecule has 0 unspecified atom stereocenters. The van der Waals surface area contributed by atoms with Gasteiger partial charge in [0.05, 0.1) is 5.69 Å². The molecule has 104 valence electrons. The van der Waals surface area contributed by atoms with Gasteiger partial charge in [0.15, 0.2) is 0 Å². The largest absolute Gasteiger partial charge is 0.370 e. The maximum absolute atomic E-state index is 4.90. The lowest BCUT2D eigenvalue weighted by atomic mass is 9.62. The van der Waals surface area contributed by atoms with E-state index in [1.54, 1.807) is 0 Å². The molecule has 0 amide bonds. The van der Waals surface area contributed by atoms with E-state index in [2.05, 4.69) is 56.3 Å². The number of aryl methyl sites for hydroxylation is 1. The summed E-state index contributed by atoms with van der Waals surface area (Å²) in [4.78, 5) is 0. The molecule has 1 N–H and O–H groups in total. The molecular formula is C16H18BrN3.